The molecule has 0 radical (unpaired) electrons. The van der Waals surface area contributed by atoms with E-state index in [-0.39, 0.29) is 23.0 Å². The highest BCUT2D eigenvalue weighted by Gasteiger charge is 2.25. The zero-order valence-corrected chi connectivity index (χ0v) is 18.3. The van der Waals surface area contributed by atoms with Gasteiger partial charge in [0.2, 0.25) is 15.9 Å². The fraction of sp³-hybridized carbons (Fsp3) is 0.318. The average Bonchev–Trinajstić information content (AvgIpc) is 2.97. The van der Waals surface area contributed by atoms with Crippen LogP contribution >= 0.6 is 0 Å². The van der Waals surface area contributed by atoms with Gasteiger partial charge in [0.25, 0.3) is 5.69 Å². The van der Waals surface area contributed by atoms with Gasteiger partial charge in [-0.05, 0) is 43.2 Å². The van der Waals surface area contributed by atoms with Crippen LogP contribution in [-0.2, 0) is 21.4 Å². The van der Waals surface area contributed by atoms with Gasteiger partial charge in [-0.3, -0.25) is 14.9 Å². The van der Waals surface area contributed by atoms with Gasteiger partial charge in [0.15, 0.2) is 0 Å². The summed E-state index contributed by atoms with van der Waals surface area (Å²) in [6.45, 7) is 1.01. The van der Waals surface area contributed by atoms with Gasteiger partial charge in [-0.2, -0.15) is 4.31 Å². The van der Waals surface area contributed by atoms with Gasteiger partial charge >= 0.3 is 0 Å². The van der Waals surface area contributed by atoms with Crippen molar-refractivity contribution in [3.63, 3.8) is 0 Å². The highest BCUT2D eigenvalue weighted by atomic mass is 32.2. The molecule has 1 aromatic heterocycles. The SMILES string of the molecule is O=C(Cn1ccc2cc([N+](=O)[O-])ccc21)Nc1cccc(S(=O)(=O)N2CCCCCC2)c1. The average molecular weight is 457 g/mol. The number of carbonyl (C=O) groups is 1. The predicted molar refractivity (Wildman–Crippen MR) is 121 cm³/mol. The van der Waals surface area contributed by atoms with Crippen molar-refractivity contribution in [2.45, 2.75) is 37.1 Å². The molecule has 0 bridgehead atoms. The van der Waals surface area contributed by atoms with Crippen LogP contribution in [0, 0.1) is 10.1 Å². The minimum absolute atomic E-state index is 0.00951. The van der Waals surface area contributed by atoms with Crippen molar-refractivity contribution in [3.05, 3.63) is 64.8 Å². The Labute approximate surface area is 185 Å². The molecule has 1 amide bonds. The van der Waals surface area contributed by atoms with Crippen LogP contribution in [0.4, 0.5) is 11.4 Å². The van der Waals surface area contributed by atoms with E-state index < -0.39 is 14.9 Å². The first kappa shape index (κ1) is 22.0. The zero-order valence-electron chi connectivity index (χ0n) is 17.4. The number of aromatic nitrogens is 1. The Hall–Kier alpha value is -3.24. The molecule has 168 valence electrons. The minimum Gasteiger partial charge on any atom is -0.338 e. The van der Waals surface area contributed by atoms with Gasteiger partial charge in [-0.25, -0.2) is 8.42 Å². The lowest BCUT2D eigenvalue weighted by atomic mass is 10.2. The van der Waals surface area contributed by atoms with Crippen molar-refractivity contribution >= 4 is 38.2 Å². The van der Waals surface area contributed by atoms with Crippen molar-refractivity contribution in [2.24, 2.45) is 0 Å². The van der Waals surface area contributed by atoms with Crippen molar-refractivity contribution in [3.8, 4) is 0 Å². The van der Waals surface area contributed by atoms with Crippen LogP contribution in [0.2, 0.25) is 0 Å². The molecule has 10 heteroatoms. The second-order valence-electron chi connectivity index (χ2n) is 7.84. The molecule has 9 nitrogen and oxygen atoms in total. The third-order valence-electron chi connectivity index (χ3n) is 5.60. The van der Waals surface area contributed by atoms with Crippen molar-refractivity contribution < 1.29 is 18.1 Å². The molecule has 1 aliphatic rings. The third kappa shape index (κ3) is 4.66. The van der Waals surface area contributed by atoms with Crippen LogP contribution < -0.4 is 5.32 Å². The molecule has 4 rings (SSSR count). The Bertz CT molecular complexity index is 1260. The lowest BCUT2D eigenvalue weighted by Gasteiger charge is -2.20. The maximum Gasteiger partial charge on any atom is 0.270 e. The number of nitrogens with zero attached hydrogens (tertiary/aromatic N) is 3. The number of sulfonamides is 1. The summed E-state index contributed by atoms with van der Waals surface area (Å²) in [6, 6.07) is 12.5. The number of anilines is 1. The van der Waals surface area contributed by atoms with Gasteiger partial charge in [0, 0.05) is 48.0 Å². The number of non-ortho nitro benzene ring substituents is 1. The highest BCUT2D eigenvalue weighted by Crippen LogP contribution is 2.24. The number of nitro groups is 1. The van der Waals surface area contributed by atoms with Crippen LogP contribution in [-0.4, -0.2) is 41.2 Å². The topological polar surface area (TPSA) is 115 Å². The van der Waals surface area contributed by atoms with E-state index >= 15 is 0 Å². The lowest BCUT2D eigenvalue weighted by Crippen LogP contribution is -2.32. The quantitative estimate of drug-likeness (QED) is 0.448. The van der Waals surface area contributed by atoms with Crippen LogP contribution in [0.1, 0.15) is 25.7 Å². The first-order chi connectivity index (χ1) is 15.3. The standard InChI is InChI=1S/C22H24N4O5S/c27-22(16-24-13-10-17-14-19(26(28)29)8-9-21(17)24)23-18-6-5-7-20(15-18)32(30,31)25-11-3-1-2-4-12-25/h5-10,13-15H,1-4,11-12,16H2,(H,23,27). The van der Waals surface area contributed by atoms with Gasteiger partial charge in [-0.15, -0.1) is 0 Å². The molecule has 0 unspecified atom stereocenters. The Balaban J connectivity index is 1.48. The molecule has 0 spiro atoms. The molecule has 1 N–H and O–H groups in total. The molecule has 2 aromatic carbocycles. The number of amides is 1. The Morgan fingerprint density at radius 3 is 2.50 bits per heavy atom. The molecule has 0 aliphatic carbocycles. The van der Waals surface area contributed by atoms with E-state index in [4.69, 9.17) is 0 Å². The molecule has 1 saturated heterocycles. The zero-order chi connectivity index (χ0) is 22.7. The highest BCUT2D eigenvalue weighted by molar-refractivity contribution is 7.89. The third-order valence-corrected chi connectivity index (χ3v) is 7.49. The fourth-order valence-corrected chi connectivity index (χ4v) is 5.52. The van der Waals surface area contributed by atoms with E-state index in [0.29, 0.717) is 29.7 Å². The van der Waals surface area contributed by atoms with Crippen molar-refractivity contribution in [1.29, 1.82) is 0 Å². The number of benzene rings is 2. The first-order valence-electron chi connectivity index (χ1n) is 10.5. The number of hydrogen-bond donors (Lipinski definition) is 1. The summed E-state index contributed by atoms with van der Waals surface area (Å²) in [4.78, 5) is 23.2. The second-order valence-corrected chi connectivity index (χ2v) is 9.78. The lowest BCUT2D eigenvalue weighted by molar-refractivity contribution is -0.384. The predicted octanol–water partition coefficient (Wildman–Crippen LogP) is 3.75. The molecule has 0 atom stereocenters. The summed E-state index contributed by atoms with van der Waals surface area (Å²) in [5.74, 6) is -0.329. The second kappa shape index (κ2) is 9.09. The smallest absolute Gasteiger partial charge is 0.270 e. The summed E-state index contributed by atoms with van der Waals surface area (Å²) < 4.78 is 29.2. The number of nitrogens with one attached hydrogen (secondary N) is 1. The van der Waals surface area contributed by atoms with Gasteiger partial charge in [0.05, 0.1) is 9.82 Å². The molecule has 0 saturated carbocycles. The van der Waals surface area contributed by atoms with E-state index in [1.807, 2.05) is 0 Å². The first-order valence-corrected chi connectivity index (χ1v) is 11.9. The van der Waals surface area contributed by atoms with Crippen LogP contribution in [0.15, 0.2) is 59.6 Å². The molecule has 1 fully saturated rings. The van der Waals surface area contributed by atoms with E-state index in [9.17, 15) is 23.3 Å². The van der Waals surface area contributed by atoms with Crippen LogP contribution in [0.25, 0.3) is 10.9 Å². The van der Waals surface area contributed by atoms with Crippen LogP contribution in [0.5, 0.6) is 0 Å². The molecule has 3 aromatic rings. The number of hydrogen-bond acceptors (Lipinski definition) is 5. The number of fused-ring (bicyclic) bond motifs is 1. The van der Waals surface area contributed by atoms with Gasteiger partial charge in [0.1, 0.15) is 6.54 Å². The molecule has 2 heterocycles. The number of carbonyl (C=O) groups excluding carboxylic acids is 1. The van der Waals surface area contributed by atoms with E-state index in [2.05, 4.69) is 5.32 Å². The summed E-state index contributed by atoms with van der Waals surface area (Å²) in [5, 5.41) is 14.4. The summed E-state index contributed by atoms with van der Waals surface area (Å²) in [6.07, 6.45) is 5.45. The van der Waals surface area contributed by atoms with Gasteiger partial charge < -0.3 is 9.88 Å². The fourth-order valence-electron chi connectivity index (χ4n) is 3.96. The minimum atomic E-state index is -3.61. The van der Waals surface area contributed by atoms with Crippen molar-refractivity contribution in [1.82, 2.24) is 8.87 Å². The summed E-state index contributed by atoms with van der Waals surface area (Å²) in [5.41, 5.74) is 1.09. The monoisotopic (exact) mass is 456 g/mol. The van der Waals surface area contributed by atoms with Crippen molar-refractivity contribution in [2.75, 3.05) is 18.4 Å². The Morgan fingerprint density at radius 2 is 1.78 bits per heavy atom. The number of nitro benzene ring substituents is 1. The summed E-state index contributed by atoms with van der Waals surface area (Å²) in [7, 11) is -3.61. The number of rotatable bonds is 6. The van der Waals surface area contributed by atoms with E-state index in [0.717, 1.165) is 25.7 Å². The van der Waals surface area contributed by atoms with Crippen LogP contribution in [0.3, 0.4) is 0 Å². The molecule has 1 aliphatic heterocycles. The maximum absolute atomic E-state index is 13.0. The molecule has 32 heavy (non-hydrogen) atoms. The maximum atomic E-state index is 13.0. The Morgan fingerprint density at radius 1 is 1.03 bits per heavy atom. The normalized spacial score (nSPS) is 15.4. The van der Waals surface area contributed by atoms with E-state index in [1.165, 1.54) is 22.5 Å². The molecular weight excluding hydrogens is 432 g/mol. The summed E-state index contributed by atoms with van der Waals surface area (Å²) >= 11 is 0. The van der Waals surface area contributed by atoms with Gasteiger partial charge in [-0.1, -0.05) is 18.9 Å². The Kier molecular flexibility index (Phi) is 6.24. The largest absolute Gasteiger partial charge is 0.338 e. The van der Waals surface area contributed by atoms with E-state index in [1.54, 1.807) is 41.1 Å². The molecular formula is C22H24N4O5S.